The van der Waals surface area contributed by atoms with E-state index in [2.05, 4.69) is 10.0 Å². The number of nitrogens with one attached hydrogen (secondary N) is 2. The minimum Gasteiger partial charge on any atom is -0.506 e. The van der Waals surface area contributed by atoms with Gasteiger partial charge >= 0.3 is 4.87 Å². The lowest BCUT2D eigenvalue weighted by molar-refractivity contribution is 0.162. The van der Waals surface area contributed by atoms with Gasteiger partial charge in [0.05, 0.1) is 34.9 Å². The van der Waals surface area contributed by atoms with E-state index in [1.165, 1.54) is 44.6 Å². The van der Waals surface area contributed by atoms with Crippen LogP contribution in [0.15, 0.2) is 57.5 Å². The van der Waals surface area contributed by atoms with Crippen LogP contribution in [0.1, 0.15) is 30.1 Å². The van der Waals surface area contributed by atoms with Crippen molar-refractivity contribution in [3.63, 3.8) is 0 Å². The zero-order valence-corrected chi connectivity index (χ0v) is 23.5. The molecule has 12 nitrogen and oxygen atoms in total. The second-order valence-corrected chi connectivity index (χ2v) is 13.9. The molecule has 5 N–H and O–H groups in total. The molecule has 3 aromatic rings. The average molecular weight is 599 g/mol. The molecule has 1 atom stereocenters. The Morgan fingerprint density at radius 3 is 2.31 bits per heavy atom. The molecule has 2 aromatic carbocycles. The van der Waals surface area contributed by atoms with Crippen molar-refractivity contribution < 1.29 is 32.2 Å². The molecule has 1 fully saturated rings. The lowest BCUT2D eigenvalue weighted by Crippen LogP contribution is -2.45. The predicted octanol–water partition coefficient (Wildman–Crippen LogP) is 1.22. The third kappa shape index (κ3) is 7.17. The first-order chi connectivity index (χ1) is 18.3. The highest BCUT2D eigenvalue weighted by atomic mass is 32.2. The Morgan fingerprint density at radius 1 is 1.05 bits per heavy atom. The van der Waals surface area contributed by atoms with Crippen LogP contribution in [0.5, 0.6) is 11.6 Å². The van der Waals surface area contributed by atoms with E-state index in [-0.39, 0.29) is 59.3 Å². The van der Waals surface area contributed by atoms with Crippen LogP contribution in [0.2, 0.25) is 0 Å². The van der Waals surface area contributed by atoms with Gasteiger partial charge in [-0.2, -0.15) is 4.31 Å². The van der Waals surface area contributed by atoms with Gasteiger partial charge in [-0.15, -0.1) is 0 Å². The standard InChI is InChI=1S/C24H30N4O8S3/c1-38(33,34)26-20-12-17(4-7-21(20)29)22(30)13-25-18-8-10-27(11-9-18)39(35,36)19-5-2-16(3-6-19)14-28-23(31)15-37-24(28)32/h2-7,12,15,18,22,25-26,29-31H,8-11,13-14H2,1H3/t22-/m0/s1. The maximum atomic E-state index is 13.1. The molecule has 0 bridgehead atoms. The molecule has 39 heavy (non-hydrogen) atoms. The molecule has 4 rings (SSSR count). The number of phenolic OH excluding ortho intramolecular Hbond substituents is 1. The predicted molar refractivity (Wildman–Crippen MR) is 147 cm³/mol. The van der Waals surface area contributed by atoms with Gasteiger partial charge in [-0.25, -0.2) is 16.8 Å². The van der Waals surface area contributed by atoms with Crippen molar-refractivity contribution in [2.75, 3.05) is 30.6 Å². The largest absolute Gasteiger partial charge is 0.506 e. The summed E-state index contributed by atoms with van der Waals surface area (Å²) in [5.41, 5.74) is 1.06. The Hall–Kier alpha value is -2.95. The summed E-state index contributed by atoms with van der Waals surface area (Å²) in [6.45, 7) is 0.872. The van der Waals surface area contributed by atoms with E-state index in [1.54, 1.807) is 12.1 Å². The van der Waals surface area contributed by atoms with Gasteiger partial charge in [0.25, 0.3) is 0 Å². The summed E-state index contributed by atoms with van der Waals surface area (Å²) in [4.78, 5) is 11.6. The molecule has 1 saturated heterocycles. The summed E-state index contributed by atoms with van der Waals surface area (Å²) in [6, 6.07) is 10.3. The minimum atomic E-state index is -3.72. The monoisotopic (exact) mass is 598 g/mol. The van der Waals surface area contributed by atoms with Crippen LogP contribution in [-0.4, -0.2) is 73.0 Å². The minimum absolute atomic E-state index is 0.0286. The topological polar surface area (TPSA) is 178 Å². The number of aromatic hydroxyl groups is 2. The molecule has 0 radical (unpaired) electrons. The number of aliphatic hydroxyl groups excluding tert-OH is 1. The zero-order chi connectivity index (χ0) is 28.4. The second kappa shape index (κ2) is 11.7. The second-order valence-electron chi connectivity index (χ2n) is 9.34. The molecule has 1 aliphatic heterocycles. The van der Waals surface area contributed by atoms with E-state index in [4.69, 9.17) is 0 Å². The first kappa shape index (κ1) is 29.0. The first-order valence-electron chi connectivity index (χ1n) is 12.0. The van der Waals surface area contributed by atoms with Gasteiger partial charge in [-0.1, -0.05) is 29.5 Å². The SMILES string of the molecule is CS(=O)(=O)Nc1cc([C@@H](O)CNC2CCN(S(=O)(=O)c3ccc(Cn4c(O)csc4=O)cc3)CC2)ccc1O. The summed E-state index contributed by atoms with van der Waals surface area (Å²) in [6.07, 6.45) is 1.04. The fourth-order valence-corrected chi connectivity index (χ4v) is 6.96. The third-order valence-corrected chi connectivity index (χ3v) is 9.67. The molecular formula is C24H30N4O8S3. The van der Waals surface area contributed by atoms with Crippen LogP contribution < -0.4 is 14.9 Å². The fraction of sp³-hybridized carbons (Fsp3) is 0.375. The number of aromatic nitrogens is 1. The highest BCUT2D eigenvalue weighted by Gasteiger charge is 2.29. The molecule has 0 aliphatic carbocycles. The Bertz CT molecular complexity index is 1580. The number of thiazole rings is 1. The molecule has 1 aliphatic rings. The van der Waals surface area contributed by atoms with Crippen LogP contribution in [-0.2, 0) is 26.6 Å². The fourth-order valence-electron chi connectivity index (χ4n) is 4.31. The smallest absolute Gasteiger partial charge is 0.310 e. The normalized spacial score (nSPS) is 16.3. The van der Waals surface area contributed by atoms with Gasteiger partial charge in [-0.05, 0) is 48.2 Å². The van der Waals surface area contributed by atoms with Crippen LogP contribution in [0.4, 0.5) is 5.69 Å². The van der Waals surface area contributed by atoms with Crippen LogP contribution in [0, 0.1) is 0 Å². The van der Waals surface area contributed by atoms with Crippen LogP contribution >= 0.6 is 11.3 Å². The summed E-state index contributed by atoms with van der Waals surface area (Å²) >= 11 is 0.887. The Balaban J connectivity index is 1.31. The summed E-state index contributed by atoms with van der Waals surface area (Å²) in [5.74, 6) is -0.396. The van der Waals surface area contributed by atoms with Crippen molar-refractivity contribution in [2.45, 2.75) is 36.4 Å². The van der Waals surface area contributed by atoms with Gasteiger partial charge in [-0.3, -0.25) is 14.1 Å². The average Bonchev–Trinajstić information content (AvgIpc) is 3.20. The van der Waals surface area contributed by atoms with Crippen LogP contribution in [0.25, 0.3) is 0 Å². The van der Waals surface area contributed by atoms with Crippen molar-refractivity contribution in [1.82, 2.24) is 14.2 Å². The number of benzene rings is 2. The number of anilines is 1. The van der Waals surface area contributed by atoms with E-state index in [0.717, 1.165) is 17.6 Å². The van der Waals surface area contributed by atoms with Gasteiger partial charge in [0.15, 0.2) is 0 Å². The van der Waals surface area contributed by atoms with Crippen molar-refractivity contribution >= 4 is 37.1 Å². The molecule has 1 aromatic heterocycles. The molecule has 0 amide bonds. The highest BCUT2D eigenvalue weighted by molar-refractivity contribution is 7.92. The molecule has 212 valence electrons. The van der Waals surface area contributed by atoms with Gasteiger partial charge in [0.1, 0.15) is 5.75 Å². The molecule has 15 heteroatoms. The van der Waals surface area contributed by atoms with Crippen molar-refractivity contribution in [3.05, 3.63) is 68.6 Å². The summed E-state index contributed by atoms with van der Waals surface area (Å²) in [5, 5.41) is 34.8. The Labute approximate surface area is 230 Å². The van der Waals surface area contributed by atoms with Crippen molar-refractivity contribution in [1.29, 1.82) is 0 Å². The van der Waals surface area contributed by atoms with Crippen LogP contribution in [0.3, 0.4) is 0 Å². The molecule has 2 heterocycles. The highest BCUT2D eigenvalue weighted by Crippen LogP contribution is 2.28. The zero-order valence-electron chi connectivity index (χ0n) is 21.0. The summed E-state index contributed by atoms with van der Waals surface area (Å²) < 4.78 is 54.1. The van der Waals surface area contributed by atoms with Gasteiger partial charge in [0, 0.05) is 25.7 Å². The number of hydrogen-bond donors (Lipinski definition) is 5. The lowest BCUT2D eigenvalue weighted by Gasteiger charge is -2.32. The van der Waals surface area contributed by atoms with Gasteiger partial charge in [0.2, 0.25) is 25.9 Å². The van der Waals surface area contributed by atoms with E-state index in [1.807, 2.05) is 0 Å². The lowest BCUT2D eigenvalue weighted by atomic mass is 10.0. The van der Waals surface area contributed by atoms with Crippen molar-refractivity contribution in [3.8, 4) is 11.6 Å². The maximum absolute atomic E-state index is 13.1. The van der Waals surface area contributed by atoms with E-state index in [9.17, 15) is 36.9 Å². The number of nitrogens with zero attached hydrogens (tertiary/aromatic N) is 2. The van der Waals surface area contributed by atoms with E-state index >= 15 is 0 Å². The summed E-state index contributed by atoms with van der Waals surface area (Å²) in [7, 11) is -7.33. The first-order valence-corrected chi connectivity index (χ1v) is 16.2. The molecule has 0 unspecified atom stereocenters. The Morgan fingerprint density at radius 2 is 1.72 bits per heavy atom. The number of piperidine rings is 1. The molecule has 0 spiro atoms. The number of hydrogen-bond acceptors (Lipinski definition) is 10. The van der Waals surface area contributed by atoms with E-state index in [0.29, 0.717) is 24.0 Å². The quantitative estimate of drug-likeness (QED) is 0.215. The van der Waals surface area contributed by atoms with Crippen molar-refractivity contribution in [2.24, 2.45) is 0 Å². The number of rotatable bonds is 10. The number of phenols is 1. The van der Waals surface area contributed by atoms with Gasteiger partial charge < -0.3 is 20.6 Å². The number of sulfonamides is 2. The third-order valence-electron chi connectivity index (χ3n) is 6.42. The Kier molecular flexibility index (Phi) is 8.68. The van der Waals surface area contributed by atoms with E-state index < -0.39 is 26.2 Å². The molecule has 0 saturated carbocycles. The molecular weight excluding hydrogens is 568 g/mol. The number of aliphatic hydroxyl groups is 1. The maximum Gasteiger partial charge on any atom is 0.310 e.